The molecular formula is C14H17N5O. The molecule has 1 aromatic heterocycles. The predicted octanol–water partition coefficient (Wildman–Crippen LogP) is 0.213. The normalized spacial score (nSPS) is 20.5. The number of hydrazine groups is 1. The highest BCUT2D eigenvalue weighted by Crippen LogP contribution is 2.28. The number of benzene rings is 1. The van der Waals surface area contributed by atoms with Crippen LogP contribution in [0.15, 0.2) is 24.3 Å². The molecule has 2 saturated heterocycles. The molecule has 0 aliphatic carbocycles. The maximum absolute atomic E-state index is 12.2. The van der Waals surface area contributed by atoms with Gasteiger partial charge in [-0.2, -0.15) is 0 Å². The number of nitrogens with one attached hydrogen (secondary N) is 3. The molecule has 6 heteroatoms. The molecule has 0 unspecified atom stereocenters. The van der Waals surface area contributed by atoms with E-state index in [9.17, 15) is 4.79 Å². The Morgan fingerprint density at radius 3 is 2.70 bits per heavy atom. The van der Waals surface area contributed by atoms with E-state index in [-0.39, 0.29) is 11.8 Å². The highest BCUT2D eigenvalue weighted by molar-refractivity contribution is 5.81. The van der Waals surface area contributed by atoms with Crippen molar-refractivity contribution in [2.45, 2.75) is 5.92 Å². The van der Waals surface area contributed by atoms with Crippen LogP contribution in [0.4, 0.5) is 0 Å². The maximum Gasteiger partial charge on any atom is 0.228 e. The van der Waals surface area contributed by atoms with E-state index in [1.165, 1.54) is 0 Å². The Labute approximate surface area is 116 Å². The molecular weight excluding hydrogens is 254 g/mol. The lowest BCUT2D eigenvalue weighted by Crippen LogP contribution is -2.51. The molecule has 1 amide bonds. The van der Waals surface area contributed by atoms with Crippen LogP contribution in [0.1, 0.15) is 11.7 Å². The minimum atomic E-state index is 0.0756. The van der Waals surface area contributed by atoms with E-state index in [2.05, 4.69) is 20.8 Å². The highest BCUT2D eigenvalue weighted by Gasteiger charge is 2.37. The van der Waals surface area contributed by atoms with Crippen LogP contribution in [-0.4, -0.2) is 47.0 Å². The van der Waals surface area contributed by atoms with E-state index >= 15 is 0 Å². The number of H-pyrrole nitrogens is 1. The van der Waals surface area contributed by atoms with E-state index < -0.39 is 0 Å². The monoisotopic (exact) mass is 271 g/mol. The van der Waals surface area contributed by atoms with Crippen LogP contribution >= 0.6 is 0 Å². The number of aromatic nitrogens is 2. The fourth-order valence-corrected chi connectivity index (χ4v) is 2.89. The van der Waals surface area contributed by atoms with Gasteiger partial charge in [0.25, 0.3) is 0 Å². The molecule has 6 nitrogen and oxygen atoms in total. The van der Waals surface area contributed by atoms with Gasteiger partial charge in [0.05, 0.1) is 22.9 Å². The quantitative estimate of drug-likeness (QED) is 0.730. The molecule has 2 aliphatic heterocycles. The average Bonchev–Trinajstić information content (AvgIpc) is 3.06. The molecule has 104 valence electrons. The Kier molecular flexibility index (Phi) is 2.71. The number of carbonyl (C=O) groups is 1. The van der Waals surface area contributed by atoms with Gasteiger partial charge in [0, 0.05) is 26.2 Å². The zero-order chi connectivity index (χ0) is 13.5. The average molecular weight is 271 g/mol. The Bertz CT molecular complexity index is 607. The van der Waals surface area contributed by atoms with Gasteiger partial charge in [0.15, 0.2) is 0 Å². The minimum absolute atomic E-state index is 0.0756. The summed E-state index contributed by atoms with van der Waals surface area (Å²) in [6.07, 6.45) is 0. The minimum Gasteiger partial charge on any atom is -0.342 e. The molecule has 2 aliphatic rings. The van der Waals surface area contributed by atoms with E-state index in [1.54, 1.807) is 0 Å². The van der Waals surface area contributed by atoms with Crippen LogP contribution < -0.4 is 10.9 Å². The molecule has 4 rings (SSSR count). The van der Waals surface area contributed by atoms with Gasteiger partial charge in [-0.1, -0.05) is 12.1 Å². The number of rotatable bonds is 2. The van der Waals surface area contributed by atoms with Crippen molar-refractivity contribution in [3.63, 3.8) is 0 Å². The summed E-state index contributed by atoms with van der Waals surface area (Å²) >= 11 is 0. The lowest BCUT2D eigenvalue weighted by atomic mass is 9.97. The van der Waals surface area contributed by atoms with Crippen LogP contribution in [0.2, 0.25) is 0 Å². The van der Waals surface area contributed by atoms with Gasteiger partial charge in [-0.25, -0.2) is 4.98 Å². The number of aromatic amines is 1. The fourth-order valence-electron chi connectivity index (χ4n) is 2.89. The van der Waals surface area contributed by atoms with Crippen LogP contribution in [0.3, 0.4) is 0 Å². The number of carbonyl (C=O) groups excluding carboxylic acids is 1. The Balaban J connectivity index is 1.44. The third-order valence-electron chi connectivity index (χ3n) is 4.16. The second-order valence-corrected chi connectivity index (χ2v) is 5.54. The first-order valence-corrected chi connectivity index (χ1v) is 7.00. The summed E-state index contributed by atoms with van der Waals surface area (Å²) in [5.41, 5.74) is 8.06. The molecule has 20 heavy (non-hydrogen) atoms. The number of hydrogen-bond donors (Lipinski definition) is 3. The number of likely N-dealkylation sites (tertiary alicyclic amines) is 1. The number of nitrogens with zero attached hydrogens (tertiary/aromatic N) is 2. The third kappa shape index (κ3) is 1.88. The van der Waals surface area contributed by atoms with Crippen molar-refractivity contribution in [1.82, 2.24) is 25.7 Å². The number of para-hydroxylation sites is 2. The topological polar surface area (TPSA) is 73.1 Å². The summed E-state index contributed by atoms with van der Waals surface area (Å²) in [6, 6.07) is 8.03. The van der Waals surface area contributed by atoms with Crippen molar-refractivity contribution >= 4 is 16.9 Å². The number of amides is 1. The Morgan fingerprint density at radius 1 is 1.20 bits per heavy atom. The largest absolute Gasteiger partial charge is 0.342 e. The highest BCUT2D eigenvalue weighted by atomic mass is 16.2. The molecule has 1 aromatic carbocycles. The first-order valence-electron chi connectivity index (χ1n) is 7.00. The van der Waals surface area contributed by atoms with Gasteiger partial charge < -0.3 is 9.88 Å². The SMILES string of the molecule is O=C(C1CNNC1)N1CC(c2nc3ccccc3[nH]2)C1. The number of hydrogen-bond acceptors (Lipinski definition) is 4. The number of imidazole rings is 1. The summed E-state index contributed by atoms with van der Waals surface area (Å²) < 4.78 is 0. The van der Waals surface area contributed by atoms with Crippen molar-refractivity contribution in [3.8, 4) is 0 Å². The molecule has 3 N–H and O–H groups in total. The predicted molar refractivity (Wildman–Crippen MR) is 74.9 cm³/mol. The van der Waals surface area contributed by atoms with E-state index in [1.807, 2.05) is 29.2 Å². The zero-order valence-corrected chi connectivity index (χ0v) is 11.1. The molecule has 3 heterocycles. The van der Waals surface area contributed by atoms with Crippen molar-refractivity contribution in [2.24, 2.45) is 5.92 Å². The van der Waals surface area contributed by atoms with Crippen molar-refractivity contribution < 1.29 is 4.79 Å². The summed E-state index contributed by atoms with van der Waals surface area (Å²) in [5.74, 6) is 1.66. The summed E-state index contributed by atoms with van der Waals surface area (Å²) in [5, 5.41) is 0. The summed E-state index contributed by atoms with van der Waals surface area (Å²) in [6.45, 7) is 3.00. The second-order valence-electron chi connectivity index (χ2n) is 5.54. The third-order valence-corrected chi connectivity index (χ3v) is 4.16. The molecule has 2 aromatic rings. The molecule has 0 saturated carbocycles. The van der Waals surface area contributed by atoms with Gasteiger partial charge in [-0.05, 0) is 12.1 Å². The van der Waals surface area contributed by atoms with Gasteiger partial charge in [-0.15, -0.1) is 0 Å². The van der Waals surface area contributed by atoms with Gasteiger partial charge in [-0.3, -0.25) is 15.6 Å². The van der Waals surface area contributed by atoms with Gasteiger partial charge >= 0.3 is 0 Å². The number of fused-ring (bicyclic) bond motifs is 1. The molecule has 0 atom stereocenters. The molecule has 0 bridgehead atoms. The van der Waals surface area contributed by atoms with E-state index in [0.29, 0.717) is 5.92 Å². The zero-order valence-electron chi connectivity index (χ0n) is 11.1. The smallest absolute Gasteiger partial charge is 0.228 e. The summed E-state index contributed by atoms with van der Waals surface area (Å²) in [4.78, 5) is 22.1. The van der Waals surface area contributed by atoms with E-state index in [4.69, 9.17) is 0 Å². The van der Waals surface area contributed by atoms with Crippen LogP contribution in [-0.2, 0) is 4.79 Å². The standard InChI is InChI=1S/C14H17N5O/c20-14(9-5-15-16-6-9)19-7-10(8-19)13-17-11-3-1-2-4-12(11)18-13/h1-4,9-10,15-16H,5-8H2,(H,17,18). The first kappa shape index (κ1) is 11.9. The van der Waals surface area contributed by atoms with E-state index in [0.717, 1.165) is 43.0 Å². The van der Waals surface area contributed by atoms with Gasteiger partial charge in [0.2, 0.25) is 5.91 Å². The second kappa shape index (κ2) is 4.57. The van der Waals surface area contributed by atoms with Crippen molar-refractivity contribution in [1.29, 1.82) is 0 Å². The Hall–Kier alpha value is -1.92. The fraction of sp³-hybridized carbons (Fsp3) is 0.429. The lowest BCUT2D eigenvalue weighted by molar-refractivity contribution is -0.139. The molecule has 0 spiro atoms. The molecule has 0 radical (unpaired) electrons. The van der Waals surface area contributed by atoms with Crippen LogP contribution in [0.25, 0.3) is 11.0 Å². The lowest BCUT2D eigenvalue weighted by Gasteiger charge is -2.39. The van der Waals surface area contributed by atoms with Gasteiger partial charge in [0.1, 0.15) is 5.82 Å². The van der Waals surface area contributed by atoms with Crippen molar-refractivity contribution in [3.05, 3.63) is 30.1 Å². The Morgan fingerprint density at radius 2 is 1.95 bits per heavy atom. The van der Waals surface area contributed by atoms with Crippen molar-refractivity contribution in [2.75, 3.05) is 26.2 Å². The van der Waals surface area contributed by atoms with Crippen LogP contribution in [0, 0.1) is 5.92 Å². The maximum atomic E-state index is 12.2. The summed E-state index contributed by atoms with van der Waals surface area (Å²) in [7, 11) is 0. The first-order chi connectivity index (χ1) is 9.81. The molecule has 2 fully saturated rings. The van der Waals surface area contributed by atoms with Crippen LogP contribution in [0.5, 0.6) is 0 Å².